The zero-order valence-electron chi connectivity index (χ0n) is 14.2. The maximum atomic E-state index is 12.0. The van der Waals surface area contributed by atoms with Crippen molar-refractivity contribution in [2.45, 2.75) is 38.2 Å². The molecule has 6 nitrogen and oxygen atoms in total. The van der Waals surface area contributed by atoms with E-state index in [0.29, 0.717) is 19.4 Å². The molecular formula is C18H25N3O3. The molecule has 2 aliphatic rings. The quantitative estimate of drug-likeness (QED) is 0.901. The molecule has 1 atom stereocenters. The molecule has 0 aliphatic carbocycles. The molecule has 0 saturated carbocycles. The molecule has 1 N–H and O–H groups in total. The minimum atomic E-state index is -0.311. The number of benzene rings is 1. The molecule has 3 rings (SSSR count). The van der Waals surface area contributed by atoms with Gasteiger partial charge < -0.3 is 19.9 Å². The van der Waals surface area contributed by atoms with E-state index >= 15 is 0 Å². The number of nitrogens with zero attached hydrogens (tertiary/aromatic N) is 2. The van der Waals surface area contributed by atoms with Gasteiger partial charge in [-0.2, -0.15) is 0 Å². The summed E-state index contributed by atoms with van der Waals surface area (Å²) >= 11 is 0. The summed E-state index contributed by atoms with van der Waals surface area (Å²) in [6.45, 7) is 2.77. The van der Waals surface area contributed by atoms with Crippen molar-refractivity contribution in [2.24, 2.45) is 0 Å². The molecule has 2 saturated heterocycles. The van der Waals surface area contributed by atoms with Crippen LogP contribution in [0.2, 0.25) is 0 Å². The lowest BCUT2D eigenvalue weighted by molar-refractivity contribution is -0.116. The van der Waals surface area contributed by atoms with Crippen LogP contribution < -0.4 is 10.2 Å². The predicted molar refractivity (Wildman–Crippen MR) is 93.3 cm³/mol. The first-order chi connectivity index (χ1) is 11.6. The molecule has 1 unspecified atom stereocenters. The highest BCUT2D eigenvalue weighted by molar-refractivity contribution is 5.90. The van der Waals surface area contributed by atoms with Gasteiger partial charge in [0, 0.05) is 37.9 Å². The first kappa shape index (κ1) is 16.6. The smallest absolute Gasteiger partial charge is 0.409 e. The van der Waals surface area contributed by atoms with Crippen LogP contribution in [-0.4, -0.2) is 49.7 Å². The maximum absolute atomic E-state index is 12.0. The molecule has 2 aliphatic heterocycles. The number of carbonyl (C=O) groups is 2. The topological polar surface area (TPSA) is 61.9 Å². The first-order valence-electron chi connectivity index (χ1n) is 8.68. The number of carbonyl (C=O) groups excluding carboxylic acids is 2. The van der Waals surface area contributed by atoms with Crippen LogP contribution in [0.3, 0.4) is 0 Å². The van der Waals surface area contributed by atoms with Crippen molar-refractivity contribution in [1.82, 2.24) is 4.90 Å². The molecule has 0 spiro atoms. The number of rotatable bonds is 5. The third-order valence-corrected chi connectivity index (χ3v) is 4.62. The van der Waals surface area contributed by atoms with Gasteiger partial charge in [-0.15, -0.1) is 0 Å². The van der Waals surface area contributed by atoms with Crippen molar-refractivity contribution >= 4 is 23.4 Å². The second-order valence-corrected chi connectivity index (χ2v) is 6.57. The van der Waals surface area contributed by atoms with Crippen LogP contribution in [0.4, 0.5) is 16.2 Å². The van der Waals surface area contributed by atoms with E-state index in [1.807, 2.05) is 12.1 Å². The molecule has 2 fully saturated rings. The van der Waals surface area contributed by atoms with Crippen molar-refractivity contribution in [3.8, 4) is 0 Å². The highest BCUT2D eigenvalue weighted by Crippen LogP contribution is 2.22. The van der Waals surface area contributed by atoms with E-state index in [2.05, 4.69) is 22.3 Å². The van der Waals surface area contributed by atoms with E-state index in [1.54, 1.807) is 7.05 Å². The standard InChI is InChI=1S/C18H25N3O3/c1-20-13-16(24-18(20)23)9-10-17(22)19-14-5-7-15(8-6-14)21-11-3-2-4-12-21/h5-8,16H,2-4,9-13H2,1H3,(H,19,22). The van der Waals surface area contributed by atoms with Gasteiger partial charge in [0.15, 0.2) is 0 Å². The lowest BCUT2D eigenvalue weighted by Crippen LogP contribution is -2.29. The molecule has 130 valence electrons. The Morgan fingerprint density at radius 1 is 1.21 bits per heavy atom. The van der Waals surface area contributed by atoms with E-state index in [-0.39, 0.29) is 18.1 Å². The average molecular weight is 331 g/mol. The molecule has 2 heterocycles. The van der Waals surface area contributed by atoms with Gasteiger partial charge in [-0.3, -0.25) is 4.79 Å². The molecular weight excluding hydrogens is 306 g/mol. The first-order valence-corrected chi connectivity index (χ1v) is 8.68. The maximum Gasteiger partial charge on any atom is 0.409 e. The molecule has 24 heavy (non-hydrogen) atoms. The Labute approximate surface area is 142 Å². The van der Waals surface area contributed by atoms with Crippen LogP contribution in [-0.2, 0) is 9.53 Å². The third kappa shape index (κ3) is 4.19. The Hall–Kier alpha value is -2.24. The minimum absolute atomic E-state index is 0.0497. The zero-order valence-corrected chi connectivity index (χ0v) is 14.2. The molecule has 1 aromatic rings. The highest BCUT2D eigenvalue weighted by atomic mass is 16.6. The summed E-state index contributed by atoms with van der Waals surface area (Å²) in [5.74, 6) is -0.0497. The van der Waals surface area contributed by atoms with E-state index in [4.69, 9.17) is 4.74 Å². The second-order valence-electron chi connectivity index (χ2n) is 6.57. The van der Waals surface area contributed by atoms with Crippen molar-refractivity contribution in [2.75, 3.05) is 36.9 Å². The summed E-state index contributed by atoms with van der Waals surface area (Å²) in [7, 11) is 1.70. The van der Waals surface area contributed by atoms with Crippen LogP contribution in [0, 0.1) is 0 Å². The summed E-state index contributed by atoms with van der Waals surface area (Å²) in [6.07, 6.45) is 4.21. The Morgan fingerprint density at radius 2 is 1.92 bits per heavy atom. The van der Waals surface area contributed by atoms with Crippen molar-refractivity contribution < 1.29 is 14.3 Å². The fourth-order valence-corrected chi connectivity index (χ4v) is 3.22. The van der Waals surface area contributed by atoms with E-state index in [1.165, 1.54) is 29.8 Å². The van der Waals surface area contributed by atoms with Gasteiger partial charge in [0.2, 0.25) is 5.91 Å². The summed E-state index contributed by atoms with van der Waals surface area (Å²) in [5, 5.41) is 2.91. The van der Waals surface area contributed by atoms with Crippen LogP contribution in [0.15, 0.2) is 24.3 Å². The molecule has 0 bridgehead atoms. The molecule has 0 aromatic heterocycles. The van der Waals surface area contributed by atoms with Gasteiger partial charge in [-0.1, -0.05) is 0 Å². The SMILES string of the molecule is CN1CC(CCC(=O)Nc2ccc(N3CCCCC3)cc2)OC1=O. The Morgan fingerprint density at radius 3 is 2.54 bits per heavy atom. The Bertz CT molecular complexity index is 582. The summed E-state index contributed by atoms with van der Waals surface area (Å²) in [4.78, 5) is 27.2. The number of nitrogens with one attached hydrogen (secondary N) is 1. The number of anilines is 2. The van der Waals surface area contributed by atoms with Gasteiger partial charge in [-0.05, 0) is 49.9 Å². The fourth-order valence-electron chi connectivity index (χ4n) is 3.22. The van der Waals surface area contributed by atoms with Gasteiger partial charge in [-0.25, -0.2) is 4.79 Å². The lowest BCUT2D eigenvalue weighted by atomic mass is 10.1. The second kappa shape index (κ2) is 7.55. The van der Waals surface area contributed by atoms with E-state index < -0.39 is 0 Å². The summed E-state index contributed by atoms with van der Waals surface area (Å²) in [5.41, 5.74) is 2.02. The number of likely N-dealkylation sites (N-methyl/N-ethyl adjacent to an activating group) is 1. The lowest BCUT2D eigenvalue weighted by Gasteiger charge is -2.28. The van der Waals surface area contributed by atoms with Crippen LogP contribution in [0.5, 0.6) is 0 Å². The summed E-state index contributed by atoms with van der Waals surface area (Å²) < 4.78 is 5.16. The van der Waals surface area contributed by atoms with Gasteiger partial charge in [0.25, 0.3) is 0 Å². The number of hydrogen-bond donors (Lipinski definition) is 1. The average Bonchev–Trinajstić information content (AvgIpc) is 2.93. The summed E-state index contributed by atoms with van der Waals surface area (Å²) in [6, 6.07) is 8.03. The Kier molecular flexibility index (Phi) is 5.23. The number of ether oxygens (including phenoxy) is 1. The van der Waals surface area contributed by atoms with E-state index in [0.717, 1.165) is 18.8 Å². The minimum Gasteiger partial charge on any atom is -0.444 e. The molecule has 1 aromatic carbocycles. The van der Waals surface area contributed by atoms with Crippen LogP contribution >= 0.6 is 0 Å². The van der Waals surface area contributed by atoms with Crippen LogP contribution in [0.25, 0.3) is 0 Å². The normalized spacial score (nSPS) is 20.9. The van der Waals surface area contributed by atoms with Gasteiger partial charge in [0.05, 0.1) is 6.54 Å². The number of hydrogen-bond acceptors (Lipinski definition) is 4. The molecule has 6 heteroatoms. The van der Waals surface area contributed by atoms with E-state index in [9.17, 15) is 9.59 Å². The van der Waals surface area contributed by atoms with Crippen molar-refractivity contribution in [3.63, 3.8) is 0 Å². The number of amides is 2. The fraction of sp³-hybridized carbons (Fsp3) is 0.556. The molecule has 2 amide bonds. The number of piperidine rings is 1. The molecule has 0 radical (unpaired) electrons. The highest BCUT2D eigenvalue weighted by Gasteiger charge is 2.28. The predicted octanol–water partition coefficient (Wildman–Crippen LogP) is 2.85. The third-order valence-electron chi connectivity index (χ3n) is 4.62. The largest absolute Gasteiger partial charge is 0.444 e. The van der Waals surface area contributed by atoms with Crippen molar-refractivity contribution in [1.29, 1.82) is 0 Å². The number of cyclic esters (lactones) is 1. The monoisotopic (exact) mass is 331 g/mol. The van der Waals surface area contributed by atoms with Gasteiger partial charge >= 0.3 is 6.09 Å². The van der Waals surface area contributed by atoms with Gasteiger partial charge in [0.1, 0.15) is 6.10 Å². The zero-order chi connectivity index (χ0) is 16.9. The van der Waals surface area contributed by atoms with Crippen LogP contribution in [0.1, 0.15) is 32.1 Å². The van der Waals surface area contributed by atoms with Crippen molar-refractivity contribution in [3.05, 3.63) is 24.3 Å². The Balaban J connectivity index is 1.45.